The van der Waals surface area contributed by atoms with Gasteiger partial charge in [0.2, 0.25) is 11.9 Å². The number of nitrogens with one attached hydrogen (secondary N) is 2. The van der Waals surface area contributed by atoms with Crippen LogP contribution in [0.2, 0.25) is 0 Å². The van der Waals surface area contributed by atoms with Crippen LogP contribution >= 0.6 is 0 Å². The van der Waals surface area contributed by atoms with Gasteiger partial charge in [-0.3, -0.25) is 4.79 Å². The third kappa shape index (κ3) is 10.5. The number of nitrogens with zero attached hydrogens (tertiary/aromatic N) is 4. The Hall–Kier alpha value is -4.01. The number of carbonyl (C=O) groups excluding carboxylic acids is 1. The third-order valence-electron chi connectivity index (χ3n) is 9.80. The topological polar surface area (TPSA) is 82.6 Å². The van der Waals surface area contributed by atoms with Gasteiger partial charge in [0.05, 0.1) is 17.1 Å². The molecule has 8 nitrogen and oxygen atoms in total. The van der Waals surface area contributed by atoms with E-state index in [-0.39, 0.29) is 5.91 Å². The van der Waals surface area contributed by atoms with Crippen molar-refractivity contribution >= 4 is 34.5 Å². The zero-order chi connectivity index (χ0) is 36.2. The molecule has 4 rings (SSSR count). The van der Waals surface area contributed by atoms with E-state index < -0.39 is 0 Å². The van der Waals surface area contributed by atoms with Crippen molar-refractivity contribution in [3.05, 3.63) is 88.8 Å². The maximum atomic E-state index is 12.6. The van der Waals surface area contributed by atoms with E-state index in [1.165, 1.54) is 35.6 Å². The number of ether oxygens (including phenoxy) is 1. The molecule has 2 aromatic carbocycles. The van der Waals surface area contributed by atoms with E-state index in [2.05, 4.69) is 113 Å². The molecule has 50 heavy (non-hydrogen) atoms. The van der Waals surface area contributed by atoms with Crippen molar-refractivity contribution in [2.75, 3.05) is 63.0 Å². The summed E-state index contributed by atoms with van der Waals surface area (Å²) in [7, 11) is 6.18. The van der Waals surface area contributed by atoms with E-state index in [4.69, 9.17) is 14.7 Å². The van der Waals surface area contributed by atoms with Crippen LogP contribution in [0, 0.1) is 18.8 Å². The number of allylic oxidation sites excluding steroid dienone is 1. The van der Waals surface area contributed by atoms with Crippen molar-refractivity contribution in [1.82, 2.24) is 14.9 Å². The van der Waals surface area contributed by atoms with Crippen molar-refractivity contribution in [3.63, 3.8) is 0 Å². The van der Waals surface area contributed by atoms with Crippen molar-refractivity contribution in [2.45, 2.75) is 79.6 Å². The summed E-state index contributed by atoms with van der Waals surface area (Å²) in [5.41, 5.74) is 10.8. The minimum absolute atomic E-state index is 0.252. The molecule has 1 aliphatic rings. The first-order chi connectivity index (χ1) is 24.0. The van der Waals surface area contributed by atoms with Crippen LogP contribution in [0.1, 0.15) is 86.9 Å². The average Bonchev–Trinajstić information content (AvgIpc) is 3.62. The zero-order valence-corrected chi connectivity index (χ0v) is 31.9. The predicted molar refractivity (Wildman–Crippen MR) is 211 cm³/mol. The number of anilines is 4. The standard InChI is InChI=1S/C42H60N6O2/c1-10-32-25-39(48(9)23-22-47(7)8)38(44-40(49)12-3)26-37(32)45-42-43-27-34(20-19-31-21-24-50-28-31)41(46-42)35(11-2)36-18-14-17-33(30(36)6)16-13-15-29(4)5/h11-12,14,17-18,25-27,29,31H,3,10,13,15-16,19-24,28H2,1-2,4-9H3,(H,44,49)(H,43,45,46)/b35-11+. The second-order valence-corrected chi connectivity index (χ2v) is 14.3. The summed E-state index contributed by atoms with van der Waals surface area (Å²) < 4.78 is 5.70. The molecular formula is C42H60N6O2. The second kappa shape index (κ2) is 18.8. The fourth-order valence-electron chi connectivity index (χ4n) is 6.65. The van der Waals surface area contributed by atoms with Gasteiger partial charge in [0, 0.05) is 50.8 Å². The SMILES string of the molecule is C=CC(=O)Nc1cc(Nc2ncc(CCC3CCOC3)c(/C(=C/C)c3cccc(CCCC(C)C)c3C)n2)c(CC)cc1N(C)CCN(C)C. The quantitative estimate of drug-likeness (QED) is 0.130. The summed E-state index contributed by atoms with van der Waals surface area (Å²) in [4.78, 5) is 27.0. The number of rotatable bonds is 18. The Bertz CT molecular complexity index is 1620. The van der Waals surface area contributed by atoms with Gasteiger partial charge in [-0.2, -0.15) is 0 Å². The lowest BCUT2D eigenvalue weighted by Crippen LogP contribution is -2.29. The summed E-state index contributed by atoms with van der Waals surface area (Å²) in [6.45, 7) is 18.1. The molecule has 0 saturated carbocycles. The van der Waals surface area contributed by atoms with Crippen LogP contribution in [0.4, 0.5) is 23.0 Å². The molecule has 8 heteroatoms. The Kier molecular flexibility index (Phi) is 14.6. The lowest BCUT2D eigenvalue weighted by atomic mass is 9.89. The predicted octanol–water partition coefficient (Wildman–Crippen LogP) is 8.61. The summed E-state index contributed by atoms with van der Waals surface area (Å²) >= 11 is 0. The Morgan fingerprint density at radius 1 is 1.10 bits per heavy atom. The van der Waals surface area contributed by atoms with Gasteiger partial charge in [0.25, 0.3) is 0 Å². The van der Waals surface area contributed by atoms with Crippen LogP contribution in [0.15, 0.2) is 55.3 Å². The Morgan fingerprint density at radius 3 is 2.56 bits per heavy atom. The van der Waals surface area contributed by atoms with E-state index in [0.29, 0.717) is 23.5 Å². The molecule has 0 radical (unpaired) electrons. The normalized spacial score (nSPS) is 14.8. The van der Waals surface area contributed by atoms with Crippen molar-refractivity contribution in [2.24, 2.45) is 11.8 Å². The fourth-order valence-corrected chi connectivity index (χ4v) is 6.65. The molecule has 1 aliphatic heterocycles. The number of hydrogen-bond acceptors (Lipinski definition) is 7. The molecule has 3 aromatic rings. The number of aryl methyl sites for hydroxylation is 3. The molecule has 2 N–H and O–H groups in total. The lowest BCUT2D eigenvalue weighted by Gasteiger charge is -2.26. The van der Waals surface area contributed by atoms with Crippen LogP contribution in [-0.4, -0.2) is 68.2 Å². The van der Waals surface area contributed by atoms with E-state index in [1.54, 1.807) is 0 Å². The number of hydrogen-bond donors (Lipinski definition) is 2. The van der Waals surface area contributed by atoms with Gasteiger partial charge in [0.1, 0.15) is 0 Å². The second-order valence-electron chi connectivity index (χ2n) is 14.3. The highest BCUT2D eigenvalue weighted by atomic mass is 16.5. The molecule has 1 atom stereocenters. The molecule has 270 valence electrons. The molecule has 1 aromatic heterocycles. The summed E-state index contributed by atoms with van der Waals surface area (Å²) in [5.74, 6) is 1.54. The summed E-state index contributed by atoms with van der Waals surface area (Å²) in [5, 5.41) is 6.60. The first-order valence-corrected chi connectivity index (χ1v) is 18.5. The van der Waals surface area contributed by atoms with Crippen molar-refractivity contribution < 1.29 is 9.53 Å². The Morgan fingerprint density at radius 2 is 1.90 bits per heavy atom. The van der Waals surface area contributed by atoms with Gasteiger partial charge in [-0.05, 0) is 124 Å². The number of amides is 1. The van der Waals surface area contributed by atoms with E-state index in [9.17, 15) is 4.79 Å². The molecule has 0 bridgehead atoms. The van der Waals surface area contributed by atoms with Crippen LogP contribution in [-0.2, 0) is 28.8 Å². The molecule has 1 saturated heterocycles. The molecule has 2 heterocycles. The van der Waals surface area contributed by atoms with E-state index >= 15 is 0 Å². The highest BCUT2D eigenvalue weighted by molar-refractivity contribution is 6.02. The smallest absolute Gasteiger partial charge is 0.247 e. The first kappa shape index (κ1) is 38.8. The van der Waals surface area contributed by atoms with E-state index in [0.717, 1.165) is 92.2 Å². The average molecular weight is 681 g/mol. The zero-order valence-electron chi connectivity index (χ0n) is 31.9. The molecule has 1 amide bonds. The minimum atomic E-state index is -0.252. The van der Waals surface area contributed by atoms with Crippen LogP contribution < -0.4 is 15.5 Å². The largest absolute Gasteiger partial charge is 0.381 e. The van der Waals surface area contributed by atoms with Crippen LogP contribution in [0.3, 0.4) is 0 Å². The Labute approximate surface area is 301 Å². The number of likely N-dealkylation sites (N-methyl/N-ethyl adjacent to an activating group) is 2. The van der Waals surface area contributed by atoms with Gasteiger partial charge < -0.3 is 25.2 Å². The maximum Gasteiger partial charge on any atom is 0.247 e. The number of benzene rings is 2. The highest BCUT2D eigenvalue weighted by Crippen LogP contribution is 2.35. The highest BCUT2D eigenvalue weighted by Gasteiger charge is 2.21. The van der Waals surface area contributed by atoms with Crippen molar-refractivity contribution in [1.29, 1.82) is 0 Å². The van der Waals surface area contributed by atoms with Gasteiger partial charge in [-0.25, -0.2) is 9.97 Å². The number of carbonyl (C=O) groups is 1. The monoisotopic (exact) mass is 680 g/mol. The van der Waals surface area contributed by atoms with Gasteiger partial charge in [0.15, 0.2) is 0 Å². The molecule has 1 fully saturated rings. The first-order valence-electron chi connectivity index (χ1n) is 18.5. The van der Waals surface area contributed by atoms with E-state index in [1.807, 2.05) is 12.3 Å². The maximum absolute atomic E-state index is 12.6. The third-order valence-corrected chi connectivity index (χ3v) is 9.80. The molecular weight excluding hydrogens is 621 g/mol. The van der Waals surface area contributed by atoms with Crippen LogP contribution in [0.5, 0.6) is 0 Å². The van der Waals surface area contributed by atoms with Gasteiger partial charge in [-0.15, -0.1) is 0 Å². The van der Waals surface area contributed by atoms with Gasteiger partial charge >= 0.3 is 0 Å². The van der Waals surface area contributed by atoms with Gasteiger partial charge in [-0.1, -0.05) is 58.0 Å². The molecule has 0 spiro atoms. The minimum Gasteiger partial charge on any atom is -0.381 e. The van der Waals surface area contributed by atoms with Crippen molar-refractivity contribution in [3.8, 4) is 0 Å². The van der Waals surface area contributed by atoms with Crippen LogP contribution in [0.25, 0.3) is 5.57 Å². The number of aromatic nitrogens is 2. The summed E-state index contributed by atoms with van der Waals surface area (Å²) in [6, 6.07) is 10.9. The summed E-state index contributed by atoms with van der Waals surface area (Å²) in [6.07, 6.45) is 12.8. The molecule has 1 unspecified atom stereocenters. The fraction of sp³-hybridized carbons (Fsp3) is 0.500. The Balaban J connectivity index is 1.75. The lowest BCUT2D eigenvalue weighted by molar-refractivity contribution is -0.111. The molecule has 0 aliphatic carbocycles.